The van der Waals surface area contributed by atoms with Crippen LogP contribution in [0.2, 0.25) is 0 Å². The van der Waals surface area contributed by atoms with Crippen molar-refractivity contribution in [1.29, 1.82) is 0 Å². The molecule has 2 aromatic carbocycles. The number of imide groups is 1. The molecule has 2 saturated heterocycles. The third-order valence-electron chi connectivity index (χ3n) is 8.12. The van der Waals surface area contributed by atoms with Gasteiger partial charge in [0.25, 0.3) is 0 Å². The number of carboxylic acid groups (broad SMARTS) is 1. The number of nitrogens with one attached hydrogen (secondary N) is 1. The zero-order valence-electron chi connectivity index (χ0n) is 20.4. The second-order valence-corrected chi connectivity index (χ2v) is 10.8. The first-order valence-electron chi connectivity index (χ1n) is 12.9. The Balaban J connectivity index is 1.55. The van der Waals surface area contributed by atoms with Crippen LogP contribution in [0.1, 0.15) is 64.0 Å². The number of fused-ring (bicyclic) bond motifs is 1. The summed E-state index contributed by atoms with van der Waals surface area (Å²) in [7, 11) is 0. The molecule has 35 heavy (non-hydrogen) atoms. The predicted molar refractivity (Wildman–Crippen MR) is 133 cm³/mol. The van der Waals surface area contributed by atoms with Crippen LogP contribution < -0.4 is 5.32 Å². The van der Waals surface area contributed by atoms with E-state index in [0.29, 0.717) is 6.42 Å². The van der Waals surface area contributed by atoms with E-state index in [-0.39, 0.29) is 23.8 Å². The molecule has 2 amide bonds. The average Bonchev–Trinajstić information content (AvgIpc) is 3.34. The van der Waals surface area contributed by atoms with Crippen LogP contribution in [0.25, 0.3) is 11.1 Å². The number of carbonyl (C=O) groups excluding carboxylic acids is 2. The molecule has 2 N–H and O–H groups in total. The van der Waals surface area contributed by atoms with E-state index < -0.39 is 29.4 Å². The SMILES string of the molecule is CC(C)CC1(C(=O)O)NC(c2ccc(-c3ccccc3)cc2)C2C(=O)N(C3CCCCC3)C(=O)C21. The molecular weight excluding hydrogens is 440 g/mol. The lowest BCUT2D eigenvalue weighted by atomic mass is 9.75. The van der Waals surface area contributed by atoms with Crippen molar-refractivity contribution in [3.05, 3.63) is 60.2 Å². The van der Waals surface area contributed by atoms with E-state index in [1.807, 2.05) is 68.4 Å². The second kappa shape index (κ2) is 9.23. The quantitative estimate of drug-likeness (QED) is 0.587. The average molecular weight is 475 g/mol. The first-order valence-corrected chi connectivity index (χ1v) is 12.9. The topological polar surface area (TPSA) is 86.7 Å². The van der Waals surface area contributed by atoms with Crippen molar-refractivity contribution >= 4 is 17.8 Å². The Labute approximate surface area is 206 Å². The summed E-state index contributed by atoms with van der Waals surface area (Å²) in [5.41, 5.74) is 1.52. The molecule has 6 heteroatoms. The van der Waals surface area contributed by atoms with Gasteiger partial charge in [0.1, 0.15) is 5.54 Å². The third kappa shape index (κ3) is 3.98. The molecule has 4 unspecified atom stereocenters. The van der Waals surface area contributed by atoms with Gasteiger partial charge in [-0.25, -0.2) is 0 Å². The molecule has 3 aliphatic rings. The minimum absolute atomic E-state index is 0.0464. The van der Waals surface area contributed by atoms with Crippen LogP contribution in [0.15, 0.2) is 54.6 Å². The maximum atomic E-state index is 13.8. The maximum Gasteiger partial charge on any atom is 0.324 e. The number of aliphatic carboxylic acids is 1. The Morgan fingerprint density at radius 1 is 0.971 bits per heavy atom. The second-order valence-electron chi connectivity index (χ2n) is 10.8. The van der Waals surface area contributed by atoms with Crippen LogP contribution >= 0.6 is 0 Å². The van der Waals surface area contributed by atoms with Gasteiger partial charge in [-0.3, -0.25) is 24.6 Å². The summed E-state index contributed by atoms with van der Waals surface area (Å²) in [4.78, 5) is 41.9. The van der Waals surface area contributed by atoms with E-state index in [4.69, 9.17) is 0 Å². The summed E-state index contributed by atoms with van der Waals surface area (Å²) in [5.74, 6) is -3.10. The molecule has 0 bridgehead atoms. The molecule has 1 aliphatic carbocycles. The highest BCUT2D eigenvalue weighted by molar-refractivity contribution is 6.09. The fraction of sp³-hybridized carbons (Fsp3) is 0.483. The maximum absolute atomic E-state index is 13.8. The van der Waals surface area contributed by atoms with Crippen LogP contribution in [0, 0.1) is 17.8 Å². The fourth-order valence-corrected chi connectivity index (χ4v) is 6.64. The summed E-state index contributed by atoms with van der Waals surface area (Å²) in [6.45, 7) is 3.92. The Morgan fingerprint density at radius 2 is 1.60 bits per heavy atom. The van der Waals surface area contributed by atoms with Gasteiger partial charge in [0, 0.05) is 12.1 Å². The molecule has 0 spiro atoms. The number of rotatable bonds is 6. The smallest absolute Gasteiger partial charge is 0.324 e. The summed E-state index contributed by atoms with van der Waals surface area (Å²) in [6, 6.07) is 17.3. The zero-order valence-corrected chi connectivity index (χ0v) is 20.4. The molecule has 1 saturated carbocycles. The van der Waals surface area contributed by atoms with Crippen molar-refractivity contribution in [2.75, 3.05) is 0 Å². The molecule has 0 radical (unpaired) electrons. The molecular formula is C29H34N2O4. The van der Waals surface area contributed by atoms with Gasteiger partial charge in [0.05, 0.1) is 11.8 Å². The number of carbonyl (C=O) groups is 3. The van der Waals surface area contributed by atoms with Gasteiger partial charge in [-0.05, 0) is 41.9 Å². The van der Waals surface area contributed by atoms with E-state index in [0.717, 1.165) is 48.8 Å². The molecule has 2 aromatic rings. The van der Waals surface area contributed by atoms with Crippen molar-refractivity contribution in [3.63, 3.8) is 0 Å². The summed E-state index contributed by atoms with van der Waals surface area (Å²) < 4.78 is 0. The number of benzene rings is 2. The van der Waals surface area contributed by atoms with Crippen molar-refractivity contribution in [3.8, 4) is 11.1 Å². The van der Waals surface area contributed by atoms with Crippen molar-refractivity contribution in [1.82, 2.24) is 10.2 Å². The van der Waals surface area contributed by atoms with Crippen LogP contribution in [0.3, 0.4) is 0 Å². The summed E-state index contributed by atoms with van der Waals surface area (Å²) in [6.07, 6.45) is 5.02. The van der Waals surface area contributed by atoms with Gasteiger partial charge in [-0.15, -0.1) is 0 Å². The number of likely N-dealkylation sites (tertiary alicyclic amines) is 1. The number of hydrogen-bond acceptors (Lipinski definition) is 4. The lowest BCUT2D eigenvalue weighted by molar-refractivity contribution is -0.153. The minimum atomic E-state index is -1.46. The highest BCUT2D eigenvalue weighted by Gasteiger charge is 2.69. The Bertz CT molecular complexity index is 1110. The van der Waals surface area contributed by atoms with Gasteiger partial charge >= 0.3 is 5.97 Å². The van der Waals surface area contributed by atoms with Gasteiger partial charge < -0.3 is 5.11 Å². The van der Waals surface area contributed by atoms with Gasteiger partial charge in [0.2, 0.25) is 11.8 Å². The third-order valence-corrected chi connectivity index (χ3v) is 8.12. The van der Waals surface area contributed by atoms with E-state index in [1.54, 1.807) is 0 Å². The molecule has 6 nitrogen and oxygen atoms in total. The van der Waals surface area contributed by atoms with Crippen molar-refractivity contribution in [2.24, 2.45) is 17.8 Å². The lowest BCUT2D eigenvalue weighted by Crippen LogP contribution is -2.57. The first kappa shape index (κ1) is 23.7. The summed E-state index contributed by atoms with van der Waals surface area (Å²) >= 11 is 0. The fourth-order valence-electron chi connectivity index (χ4n) is 6.64. The van der Waals surface area contributed by atoms with Gasteiger partial charge in [-0.2, -0.15) is 0 Å². The largest absolute Gasteiger partial charge is 0.480 e. The Hall–Kier alpha value is -2.99. The molecule has 4 atom stereocenters. The number of hydrogen-bond donors (Lipinski definition) is 2. The number of amides is 2. The van der Waals surface area contributed by atoms with E-state index in [1.165, 1.54) is 4.90 Å². The van der Waals surface area contributed by atoms with Crippen LogP contribution in [0.5, 0.6) is 0 Å². The van der Waals surface area contributed by atoms with Crippen molar-refractivity contribution in [2.45, 2.75) is 70.0 Å². The molecule has 5 rings (SSSR count). The minimum Gasteiger partial charge on any atom is -0.480 e. The highest BCUT2D eigenvalue weighted by atomic mass is 16.4. The van der Waals surface area contributed by atoms with E-state index in [9.17, 15) is 19.5 Å². The van der Waals surface area contributed by atoms with Crippen LogP contribution in [0.4, 0.5) is 0 Å². The van der Waals surface area contributed by atoms with Crippen LogP contribution in [-0.4, -0.2) is 39.4 Å². The molecule has 2 aliphatic heterocycles. The van der Waals surface area contributed by atoms with Gasteiger partial charge in [0.15, 0.2) is 0 Å². The Kier molecular flexibility index (Phi) is 6.26. The molecule has 0 aromatic heterocycles. The van der Waals surface area contributed by atoms with E-state index in [2.05, 4.69) is 5.32 Å². The number of carboxylic acids is 1. The van der Waals surface area contributed by atoms with Gasteiger partial charge in [-0.1, -0.05) is 87.7 Å². The highest BCUT2D eigenvalue weighted by Crippen LogP contribution is 2.52. The first-order chi connectivity index (χ1) is 16.8. The number of nitrogens with zero attached hydrogens (tertiary/aromatic N) is 1. The van der Waals surface area contributed by atoms with Crippen LogP contribution in [-0.2, 0) is 14.4 Å². The summed E-state index contributed by atoms with van der Waals surface area (Å²) in [5, 5.41) is 13.8. The molecule has 3 fully saturated rings. The molecule has 2 heterocycles. The molecule has 184 valence electrons. The normalized spacial score (nSPS) is 29.1. The van der Waals surface area contributed by atoms with Crippen molar-refractivity contribution < 1.29 is 19.5 Å². The monoisotopic (exact) mass is 474 g/mol. The Morgan fingerprint density at radius 3 is 2.20 bits per heavy atom. The zero-order chi connectivity index (χ0) is 24.7. The standard InChI is InChI=1S/C29H34N2O4/c1-18(2)17-29(28(34)35)24-23(26(32)31(27(24)33)22-11-7-4-8-12-22)25(30-29)21-15-13-20(14-16-21)19-9-5-3-6-10-19/h3,5-6,9-10,13-16,18,22-25,30H,4,7-8,11-12,17H2,1-2H3,(H,34,35). The van der Waals surface area contributed by atoms with E-state index >= 15 is 0 Å². The lowest BCUT2D eigenvalue weighted by Gasteiger charge is -2.35. The predicted octanol–water partition coefficient (Wildman–Crippen LogP) is 4.80.